The summed E-state index contributed by atoms with van der Waals surface area (Å²) in [5.41, 5.74) is 0. The van der Waals surface area contributed by atoms with E-state index in [4.69, 9.17) is 5.26 Å². The summed E-state index contributed by atoms with van der Waals surface area (Å²) in [6.07, 6.45) is 10.4. The van der Waals surface area contributed by atoms with E-state index in [0.29, 0.717) is 0 Å². The van der Waals surface area contributed by atoms with E-state index in [2.05, 4.69) is 17.5 Å². The Balaban J connectivity index is 2.13. The quantitative estimate of drug-likeness (QED) is 0.493. The largest absolute Gasteiger partial charge is 0.288 e. The molecular weight excluding hydrogens is 184 g/mol. The first-order chi connectivity index (χ1) is 7.38. The molecule has 2 heteroatoms. The van der Waals surface area contributed by atoms with Gasteiger partial charge < -0.3 is 0 Å². The molecule has 1 aliphatic rings. The molecule has 0 aromatic carbocycles. The predicted octanol–water partition coefficient (Wildman–Crippen LogP) is 3.11. The van der Waals surface area contributed by atoms with Gasteiger partial charge in [0.05, 0.1) is 12.1 Å². The Morgan fingerprint density at radius 2 is 2.20 bits per heavy atom. The standard InChI is InChI=1S/C13H22N2/c1-2-3-4-5-7-10-15-11-8-6-9-13(15)12-14/h2,13H,1,3-11H2. The van der Waals surface area contributed by atoms with Crippen LogP contribution in [0.5, 0.6) is 0 Å². The Kier molecular flexibility index (Phi) is 6.11. The minimum absolute atomic E-state index is 0.193. The lowest BCUT2D eigenvalue weighted by atomic mass is 10.0. The number of allylic oxidation sites excluding steroid dienone is 1. The molecule has 0 saturated carbocycles. The van der Waals surface area contributed by atoms with Crippen molar-refractivity contribution in [3.8, 4) is 6.07 Å². The fourth-order valence-corrected chi connectivity index (χ4v) is 2.19. The van der Waals surface area contributed by atoms with E-state index in [1.54, 1.807) is 0 Å². The van der Waals surface area contributed by atoms with Crippen LogP contribution in [0.3, 0.4) is 0 Å². The van der Waals surface area contributed by atoms with Crippen molar-refractivity contribution in [2.24, 2.45) is 0 Å². The van der Waals surface area contributed by atoms with Crippen LogP contribution in [0.15, 0.2) is 12.7 Å². The van der Waals surface area contributed by atoms with Crippen molar-refractivity contribution in [3.63, 3.8) is 0 Å². The molecule has 0 spiro atoms. The normalized spacial score (nSPS) is 22.2. The summed E-state index contributed by atoms with van der Waals surface area (Å²) in [7, 11) is 0. The second-order valence-electron chi connectivity index (χ2n) is 4.31. The molecule has 0 aromatic heterocycles. The van der Waals surface area contributed by atoms with E-state index in [1.807, 2.05) is 6.08 Å². The van der Waals surface area contributed by atoms with Crippen molar-refractivity contribution in [2.45, 2.75) is 51.0 Å². The van der Waals surface area contributed by atoms with Gasteiger partial charge >= 0.3 is 0 Å². The first kappa shape index (κ1) is 12.3. The van der Waals surface area contributed by atoms with Crippen LogP contribution in [0, 0.1) is 11.3 Å². The second-order valence-corrected chi connectivity index (χ2v) is 4.31. The van der Waals surface area contributed by atoms with Gasteiger partial charge in [0.1, 0.15) is 0 Å². The van der Waals surface area contributed by atoms with Gasteiger partial charge in [-0.15, -0.1) is 6.58 Å². The number of rotatable bonds is 6. The molecule has 84 valence electrons. The van der Waals surface area contributed by atoms with Crippen molar-refractivity contribution in [3.05, 3.63) is 12.7 Å². The average Bonchev–Trinajstić information content (AvgIpc) is 2.29. The lowest BCUT2D eigenvalue weighted by Crippen LogP contribution is -2.39. The molecule has 0 radical (unpaired) electrons. The molecule has 1 saturated heterocycles. The van der Waals surface area contributed by atoms with Gasteiger partial charge in [0.15, 0.2) is 0 Å². The third-order valence-electron chi connectivity index (χ3n) is 3.12. The van der Waals surface area contributed by atoms with Gasteiger partial charge in [0.2, 0.25) is 0 Å². The third kappa shape index (κ3) is 4.48. The fraction of sp³-hybridized carbons (Fsp3) is 0.769. The Bertz CT molecular complexity index is 217. The highest BCUT2D eigenvalue weighted by atomic mass is 15.2. The molecule has 1 fully saturated rings. The highest BCUT2D eigenvalue weighted by Gasteiger charge is 2.20. The SMILES string of the molecule is C=CCCCCCN1CCCCC1C#N. The molecule has 0 aromatic rings. The van der Waals surface area contributed by atoms with Crippen LogP contribution in [-0.2, 0) is 0 Å². The lowest BCUT2D eigenvalue weighted by Gasteiger charge is -2.31. The van der Waals surface area contributed by atoms with E-state index in [1.165, 1.54) is 32.1 Å². The zero-order valence-corrected chi connectivity index (χ0v) is 9.62. The van der Waals surface area contributed by atoms with Gasteiger partial charge in [0.25, 0.3) is 0 Å². The molecule has 15 heavy (non-hydrogen) atoms. The maximum absolute atomic E-state index is 9.00. The maximum atomic E-state index is 9.00. The van der Waals surface area contributed by atoms with Crippen LogP contribution in [0.2, 0.25) is 0 Å². The van der Waals surface area contributed by atoms with E-state index in [0.717, 1.165) is 25.9 Å². The zero-order chi connectivity index (χ0) is 10.9. The minimum Gasteiger partial charge on any atom is -0.288 e. The van der Waals surface area contributed by atoms with Crippen molar-refractivity contribution < 1.29 is 0 Å². The van der Waals surface area contributed by atoms with Crippen molar-refractivity contribution in [1.29, 1.82) is 5.26 Å². The Morgan fingerprint density at radius 1 is 1.33 bits per heavy atom. The molecule has 1 heterocycles. The fourth-order valence-electron chi connectivity index (χ4n) is 2.19. The van der Waals surface area contributed by atoms with E-state index >= 15 is 0 Å². The lowest BCUT2D eigenvalue weighted by molar-refractivity contribution is 0.181. The molecule has 1 unspecified atom stereocenters. The van der Waals surface area contributed by atoms with Crippen LogP contribution < -0.4 is 0 Å². The number of hydrogen-bond donors (Lipinski definition) is 0. The molecule has 0 amide bonds. The van der Waals surface area contributed by atoms with Gasteiger partial charge in [-0.25, -0.2) is 0 Å². The number of likely N-dealkylation sites (tertiary alicyclic amines) is 1. The molecular formula is C13H22N2. The molecule has 0 N–H and O–H groups in total. The summed E-state index contributed by atoms with van der Waals surface area (Å²) in [4.78, 5) is 2.36. The van der Waals surface area contributed by atoms with Crippen LogP contribution >= 0.6 is 0 Å². The van der Waals surface area contributed by atoms with E-state index < -0.39 is 0 Å². The van der Waals surface area contributed by atoms with Crippen molar-refractivity contribution in [1.82, 2.24) is 4.90 Å². The minimum atomic E-state index is 0.193. The molecule has 1 atom stereocenters. The average molecular weight is 206 g/mol. The summed E-state index contributed by atoms with van der Waals surface area (Å²) >= 11 is 0. The van der Waals surface area contributed by atoms with Crippen LogP contribution in [0.25, 0.3) is 0 Å². The number of unbranched alkanes of at least 4 members (excludes halogenated alkanes) is 3. The summed E-state index contributed by atoms with van der Waals surface area (Å²) in [6.45, 7) is 5.95. The summed E-state index contributed by atoms with van der Waals surface area (Å²) < 4.78 is 0. The topological polar surface area (TPSA) is 27.0 Å². The summed E-state index contributed by atoms with van der Waals surface area (Å²) in [6, 6.07) is 2.61. The van der Waals surface area contributed by atoms with Crippen molar-refractivity contribution >= 4 is 0 Å². The Hall–Kier alpha value is -0.810. The summed E-state index contributed by atoms with van der Waals surface area (Å²) in [5.74, 6) is 0. The van der Waals surface area contributed by atoms with Gasteiger partial charge in [-0.3, -0.25) is 4.90 Å². The Labute approximate surface area is 93.6 Å². The maximum Gasteiger partial charge on any atom is 0.0977 e. The van der Waals surface area contributed by atoms with E-state index in [-0.39, 0.29) is 6.04 Å². The molecule has 2 nitrogen and oxygen atoms in total. The Morgan fingerprint density at radius 3 is 2.93 bits per heavy atom. The van der Waals surface area contributed by atoms with Gasteiger partial charge in [0, 0.05) is 0 Å². The zero-order valence-electron chi connectivity index (χ0n) is 9.62. The molecule has 1 rings (SSSR count). The number of nitriles is 1. The third-order valence-corrected chi connectivity index (χ3v) is 3.12. The highest BCUT2D eigenvalue weighted by molar-refractivity contribution is 4.93. The van der Waals surface area contributed by atoms with Gasteiger partial charge in [-0.1, -0.05) is 12.5 Å². The van der Waals surface area contributed by atoms with Gasteiger partial charge in [-0.05, 0) is 51.6 Å². The molecule has 0 bridgehead atoms. The predicted molar refractivity (Wildman–Crippen MR) is 63.5 cm³/mol. The first-order valence-corrected chi connectivity index (χ1v) is 6.13. The first-order valence-electron chi connectivity index (χ1n) is 6.13. The molecule has 0 aliphatic carbocycles. The van der Waals surface area contributed by atoms with Crippen LogP contribution in [-0.4, -0.2) is 24.0 Å². The van der Waals surface area contributed by atoms with E-state index in [9.17, 15) is 0 Å². The van der Waals surface area contributed by atoms with Crippen molar-refractivity contribution in [2.75, 3.05) is 13.1 Å². The number of nitrogens with zero attached hydrogens (tertiary/aromatic N) is 2. The summed E-state index contributed by atoms with van der Waals surface area (Å²) in [5, 5.41) is 9.00. The van der Waals surface area contributed by atoms with Crippen LogP contribution in [0.1, 0.15) is 44.9 Å². The second kappa shape index (κ2) is 7.48. The molecule has 1 aliphatic heterocycles. The highest BCUT2D eigenvalue weighted by Crippen LogP contribution is 2.17. The monoisotopic (exact) mass is 206 g/mol. The number of hydrogen-bond acceptors (Lipinski definition) is 2. The smallest absolute Gasteiger partial charge is 0.0977 e. The number of piperidine rings is 1. The van der Waals surface area contributed by atoms with Crippen LogP contribution in [0.4, 0.5) is 0 Å². The van der Waals surface area contributed by atoms with Gasteiger partial charge in [-0.2, -0.15) is 5.26 Å².